The molecule has 2 N–H and O–H groups in total. The van der Waals surface area contributed by atoms with E-state index in [1.54, 1.807) is 11.3 Å². The first-order valence-corrected chi connectivity index (χ1v) is 8.07. The summed E-state index contributed by atoms with van der Waals surface area (Å²) < 4.78 is 12.7. The summed E-state index contributed by atoms with van der Waals surface area (Å²) in [5.41, 5.74) is 6.02. The number of thiophene rings is 1. The minimum Gasteiger partial charge on any atom is -0.376 e. The number of ether oxygens (including phenoxy) is 2. The highest BCUT2D eigenvalue weighted by Crippen LogP contribution is 2.30. The Morgan fingerprint density at radius 1 is 1.61 bits per heavy atom. The molecule has 3 unspecified atom stereocenters. The third-order valence-corrected chi connectivity index (χ3v) is 4.84. The van der Waals surface area contributed by atoms with Gasteiger partial charge in [-0.1, -0.05) is 0 Å². The van der Waals surface area contributed by atoms with Crippen molar-refractivity contribution in [3.05, 3.63) is 20.8 Å². The minimum atomic E-state index is -0.0353. The molecule has 1 aromatic rings. The van der Waals surface area contributed by atoms with Crippen molar-refractivity contribution in [3.8, 4) is 0 Å². The number of nitrogens with two attached hydrogens (primary N) is 1. The van der Waals surface area contributed by atoms with Crippen LogP contribution in [-0.2, 0) is 9.47 Å². The van der Waals surface area contributed by atoms with E-state index in [4.69, 9.17) is 15.2 Å². The maximum atomic E-state index is 6.02. The zero-order valence-electron chi connectivity index (χ0n) is 10.6. The van der Waals surface area contributed by atoms with Crippen molar-refractivity contribution >= 4 is 27.3 Å². The number of hydrogen-bond acceptors (Lipinski definition) is 4. The third-order valence-electron chi connectivity index (χ3n) is 3.08. The van der Waals surface area contributed by atoms with E-state index in [-0.39, 0.29) is 18.2 Å². The van der Waals surface area contributed by atoms with Gasteiger partial charge in [0, 0.05) is 27.4 Å². The predicted octanol–water partition coefficient (Wildman–Crippen LogP) is 3.48. The van der Waals surface area contributed by atoms with Crippen molar-refractivity contribution < 1.29 is 9.47 Å². The Kier molecular flexibility index (Phi) is 5.63. The van der Waals surface area contributed by atoms with Gasteiger partial charge in [-0.15, -0.1) is 11.3 Å². The lowest BCUT2D eigenvalue weighted by Crippen LogP contribution is -2.31. The molecule has 1 aliphatic heterocycles. The monoisotopic (exact) mass is 333 g/mol. The quantitative estimate of drug-likeness (QED) is 0.897. The highest BCUT2D eigenvalue weighted by molar-refractivity contribution is 9.10. The third kappa shape index (κ3) is 4.03. The minimum absolute atomic E-state index is 0.0147. The van der Waals surface area contributed by atoms with Crippen LogP contribution in [0.15, 0.2) is 15.9 Å². The Bertz CT molecular complexity index is 364. The van der Waals surface area contributed by atoms with Crippen LogP contribution in [0.5, 0.6) is 0 Å². The number of halogens is 1. The predicted molar refractivity (Wildman–Crippen MR) is 78.0 cm³/mol. The SMILES string of the molecule is CC(N)C(OCC1CCCCO1)c1cc(Br)cs1. The maximum absolute atomic E-state index is 6.02. The molecule has 1 saturated heterocycles. The molecule has 2 heterocycles. The van der Waals surface area contributed by atoms with E-state index >= 15 is 0 Å². The molecule has 0 spiro atoms. The van der Waals surface area contributed by atoms with Gasteiger partial charge < -0.3 is 15.2 Å². The molecule has 0 aliphatic carbocycles. The van der Waals surface area contributed by atoms with Crippen molar-refractivity contribution in [1.29, 1.82) is 0 Å². The maximum Gasteiger partial charge on any atom is 0.107 e. The standard InChI is InChI=1S/C13H20BrNO2S/c1-9(15)13(12-6-10(14)8-18-12)17-7-11-4-2-3-5-16-11/h6,8-9,11,13H,2-5,7,15H2,1H3. The van der Waals surface area contributed by atoms with E-state index < -0.39 is 0 Å². The molecule has 18 heavy (non-hydrogen) atoms. The normalized spacial score (nSPS) is 23.8. The van der Waals surface area contributed by atoms with Gasteiger partial charge in [-0.25, -0.2) is 0 Å². The van der Waals surface area contributed by atoms with E-state index in [0.29, 0.717) is 6.61 Å². The molecule has 102 valence electrons. The number of rotatable bonds is 5. The van der Waals surface area contributed by atoms with Gasteiger partial charge in [0.15, 0.2) is 0 Å². The van der Waals surface area contributed by atoms with E-state index in [1.807, 2.05) is 6.92 Å². The Labute approximate surface area is 121 Å². The molecule has 3 atom stereocenters. The van der Waals surface area contributed by atoms with Crippen LogP contribution in [0.1, 0.15) is 37.2 Å². The van der Waals surface area contributed by atoms with Gasteiger partial charge in [-0.2, -0.15) is 0 Å². The van der Waals surface area contributed by atoms with Crippen LogP contribution < -0.4 is 5.73 Å². The molecule has 2 rings (SSSR count). The van der Waals surface area contributed by atoms with Gasteiger partial charge in [0.1, 0.15) is 6.10 Å². The molecule has 1 fully saturated rings. The Morgan fingerprint density at radius 2 is 2.44 bits per heavy atom. The van der Waals surface area contributed by atoms with Crippen LogP contribution in [0.4, 0.5) is 0 Å². The lowest BCUT2D eigenvalue weighted by Gasteiger charge is -2.26. The second-order valence-corrected chi connectivity index (χ2v) is 6.63. The van der Waals surface area contributed by atoms with Crippen LogP contribution in [-0.4, -0.2) is 25.4 Å². The van der Waals surface area contributed by atoms with Crippen molar-refractivity contribution in [2.75, 3.05) is 13.2 Å². The molecule has 0 saturated carbocycles. The summed E-state index contributed by atoms with van der Waals surface area (Å²) in [5.74, 6) is 0. The Balaban J connectivity index is 1.90. The molecule has 5 heteroatoms. The van der Waals surface area contributed by atoms with Crippen LogP contribution >= 0.6 is 27.3 Å². The zero-order valence-corrected chi connectivity index (χ0v) is 13.0. The molecule has 0 aromatic carbocycles. The molecular formula is C13H20BrNO2S. The number of hydrogen-bond donors (Lipinski definition) is 1. The van der Waals surface area contributed by atoms with Gasteiger partial charge >= 0.3 is 0 Å². The van der Waals surface area contributed by atoms with Crippen LogP contribution in [0.2, 0.25) is 0 Å². The summed E-state index contributed by atoms with van der Waals surface area (Å²) >= 11 is 5.15. The molecule has 0 amide bonds. The summed E-state index contributed by atoms with van der Waals surface area (Å²) in [6, 6.07) is 2.07. The summed E-state index contributed by atoms with van der Waals surface area (Å²) in [5, 5.41) is 2.06. The molecule has 3 nitrogen and oxygen atoms in total. The summed E-state index contributed by atoms with van der Waals surface area (Å²) in [6.45, 7) is 3.49. The van der Waals surface area contributed by atoms with Crippen LogP contribution in [0.25, 0.3) is 0 Å². The molecule has 0 radical (unpaired) electrons. The van der Waals surface area contributed by atoms with E-state index in [9.17, 15) is 0 Å². The topological polar surface area (TPSA) is 44.5 Å². The summed E-state index contributed by atoms with van der Waals surface area (Å²) in [4.78, 5) is 1.17. The van der Waals surface area contributed by atoms with Crippen molar-refractivity contribution in [2.24, 2.45) is 5.73 Å². The summed E-state index contributed by atoms with van der Waals surface area (Å²) in [7, 11) is 0. The first kappa shape index (κ1) is 14.5. The first-order valence-electron chi connectivity index (χ1n) is 6.39. The van der Waals surface area contributed by atoms with Crippen molar-refractivity contribution in [2.45, 2.75) is 44.4 Å². The second kappa shape index (κ2) is 7.01. The zero-order chi connectivity index (χ0) is 13.0. The van der Waals surface area contributed by atoms with Gasteiger partial charge in [0.25, 0.3) is 0 Å². The van der Waals surface area contributed by atoms with Crippen molar-refractivity contribution in [3.63, 3.8) is 0 Å². The fourth-order valence-electron chi connectivity index (χ4n) is 2.12. The van der Waals surface area contributed by atoms with Crippen LogP contribution in [0, 0.1) is 0 Å². The van der Waals surface area contributed by atoms with Gasteiger partial charge in [-0.3, -0.25) is 0 Å². The fraction of sp³-hybridized carbons (Fsp3) is 0.692. The van der Waals surface area contributed by atoms with Gasteiger partial charge in [0.05, 0.1) is 12.7 Å². The lowest BCUT2D eigenvalue weighted by atomic mass is 10.1. The van der Waals surface area contributed by atoms with E-state index in [2.05, 4.69) is 27.4 Å². The van der Waals surface area contributed by atoms with Gasteiger partial charge in [-0.05, 0) is 48.2 Å². The van der Waals surface area contributed by atoms with Crippen molar-refractivity contribution in [1.82, 2.24) is 0 Å². The average molecular weight is 334 g/mol. The lowest BCUT2D eigenvalue weighted by molar-refractivity contribution is -0.0672. The smallest absolute Gasteiger partial charge is 0.107 e. The molecule has 1 aliphatic rings. The average Bonchev–Trinajstić information content (AvgIpc) is 2.77. The fourth-order valence-corrected chi connectivity index (χ4v) is 3.73. The second-order valence-electron chi connectivity index (χ2n) is 4.77. The molecular weight excluding hydrogens is 314 g/mol. The Morgan fingerprint density at radius 3 is 3.00 bits per heavy atom. The summed E-state index contributed by atoms with van der Waals surface area (Å²) in [6.07, 6.45) is 3.71. The van der Waals surface area contributed by atoms with Crippen LogP contribution in [0.3, 0.4) is 0 Å². The highest BCUT2D eigenvalue weighted by Gasteiger charge is 2.22. The first-order chi connectivity index (χ1) is 8.66. The Hall–Kier alpha value is 0.0600. The van der Waals surface area contributed by atoms with Gasteiger partial charge in [0.2, 0.25) is 0 Å². The largest absolute Gasteiger partial charge is 0.376 e. The van der Waals surface area contributed by atoms with E-state index in [0.717, 1.165) is 17.5 Å². The molecule has 0 bridgehead atoms. The molecule has 1 aromatic heterocycles. The van der Waals surface area contributed by atoms with E-state index in [1.165, 1.54) is 17.7 Å². The highest BCUT2D eigenvalue weighted by atomic mass is 79.9.